The van der Waals surface area contributed by atoms with Gasteiger partial charge in [-0.1, -0.05) is 0 Å². The predicted octanol–water partition coefficient (Wildman–Crippen LogP) is 7.11. The van der Waals surface area contributed by atoms with Crippen LogP contribution in [0, 0.1) is 5.92 Å². The standard InChI is InChI=1S/C10H15O.3C4H9.Sn/c1-2-6-10(11)9-7-4-3-5-8-9;3*1-3-4-2;/h2-4,6,9-11H,1,5,7-8H2;3*1,3-4H2,2H3;/b6-2-;;;;. The predicted molar refractivity (Wildman–Crippen MR) is 111 cm³/mol. The van der Waals surface area contributed by atoms with Crippen molar-refractivity contribution in [3.8, 4) is 0 Å². The summed E-state index contributed by atoms with van der Waals surface area (Å²) < 4.78 is 6.07. The summed E-state index contributed by atoms with van der Waals surface area (Å²) >= 11 is -2.04. The van der Waals surface area contributed by atoms with E-state index < -0.39 is 18.4 Å². The summed E-state index contributed by atoms with van der Waals surface area (Å²) in [6, 6.07) is 0. The second kappa shape index (κ2) is 13.4. The monoisotopic (exact) mass is 442 g/mol. The topological polar surface area (TPSA) is 20.2 Å². The van der Waals surface area contributed by atoms with E-state index in [-0.39, 0.29) is 6.10 Å². The first-order chi connectivity index (χ1) is 11.7. The molecule has 140 valence electrons. The third-order valence-electron chi connectivity index (χ3n) is 5.86. The Hall–Kier alpha value is 0.239. The molecule has 0 aromatic rings. The molecule has 1 aliphatic rings. The third kappa shape index (κ3) is 8.56. The van der Waals surface area contributed by atoms with Crippen molar-refractivity contribution in [2.75, 3.05) is 0 Å². The molecule has 1 rings (SSSR count). The molecule has 1 aliphatic carbocycles. The number of aliphatic hydroxyl groups is 1. The first-order valence-corrected chi connectivity index (χ1v) is 18.7. The van der Waals surface area contributed by atoms with Gasteiger partial charge < -0.3 is 0 Å². The summed E-state index contributed by atoms with van der Waals surface area (Å²) in [5.41, 5.74) is 0. The van der Waals surface area contributed by atoms with Crippen LogP contribution < -0.4 is 0 Å². The molecule has 0 spiro atoms. The van der Waals surface area contributed by atoms with Gasteiger partial charge >= 0.3 is 156 Å². The Labute approximate surface area is 155 Å². The van der Waals surface area contributed by atoms with Crippen LogP contribution in [-0.4, -0.2) is 29.6 Å². The molecule has 0 heterocycles. The van der Waals surface area contributed by atoms with Gasteiger partial charge in [0.25, 0.3) is 0 Å². The van der Waals surface area contributed by atoms with Gasteiger partial charge in [-0.15, -0.1) is 0 Å². The van der Waals surface area contributed by atoms with Crippen molar-refractivity contribution in [2.24, 2.45) is 5.92 Å². The fourth-order valence-electron chi connectivity index (χ4n) is 4.08. The number of hydrogen-bond acceptors (Lipinski definition) is 1. The summed E-state index contributed by atoms with van der Waals surface area (Å²) in [6.45, 7) is 7.02. The molecule has 0 aliphatic heterocycles. The Kier molecular flexibility index (Phi) is 12.5. The van der Waals surface area contributed by atoms with E-state index in [1.54, 1.807) is 13.3 Å². The first-order valence-electron chi connectivity index (χ1n) is 10.7. The average Bonchev–Trinajstić information content (AvgIpc) is 2.63. The number of hydrogen-bond donors (Lipinski definition) is 1. The van der Waals surface area contributed by atoms with Gasteiger partial charge in [0, 0.05) is 0 Å². The van der Waals surface area contributed by atoms with Crippen LogP contribution in [0.3, 0.4) is 0 Å². The van der Waals surface area contributed by atoms with Crippen molar-refractivity contribution in [1.29, 1.82) is 0 Å². The Morgan fingerprint density at radius 3 is 2.04 bits per heavy atom. The summed E-state index contributed by atoms with van der Waals surface area (Å²) in [5, 5.41) is 10.5. The van der Waals surface area contributed by atoms with Gasteiger partial charge in [0.15, 0.2) is 0 Å². The van der Waals surface area contributed by atoms with Crippen LogP contribution in [-0.2, 0) is 0 Å². The molecule has 0 radical (unpaired) electrons. The van der Waals surface area contributed by atoms with Crippen LogP contribution in [0.5, 0.6) is 0 Å². The molecular formula is C22H42OSn. The first kappa shape index (κ1) is 22.3. The molecule has 1 nitrogen and oxygen atoms in total. The van der Waals surface area contributed by atoms with Crippen LogP contribution in [0.4, 0.5) is 0 Å². The molecule has 0 bridgehead atoms. The van der Waals surface area contributed by atoms with Crippen molar-refractivity contribution in [2.45, 2.75) is 102 Å². The van der Waals surface area contributed by atoms with Crippen LogP contribution >= 0.6 is 0 Å². The molecular weight excluding hydrogens is 399 g/mol. The van der Waals surface area contributed by atoms with E-state index in [0.717, 1.165) is 19.3 Å². The van der Waals surface area contributed by atoms with E-state index in [4.69, 9.17) is 0 Å². The van der Waals surface area contributed by atoms with Crippen LogP contribution in [0.2, 0.25) is 17.7 Å². The molecule has 1 N–H and O–H groups in total. The molecule has 2 heteroatoms. The Morgan fingerprint density at radius 1 is 1.00 bits per heavy atom. The second-order valence-electron chi connectivity index (χ2n) is 7.98. The summed E-state index contributed by atoms with van der Waals surface area (Å²) in [5.74, 6) is 0.456. The normalized spacial score (nSPS) is 19.9. The van der Waals surface area contributed by atoms with Crippen molar-refractivity contribution in [3.63, 3.8) is 0 Å². The average molecular weight is 441 g/mol. The van der Waals surface area contributed by atoms with Gasteiger partial charge in [-0.3, -0.25) is 0 Å². The van der Waals surface area contributed by atoms with E-state index in [0.29, 0.717) is 5.92 Å². The minimum atomic E-state index is -2.04. The van der Waals surface area contributed by atoms with Crippen molar-refractivity contribution >= 4 is 18.4 Å². The minimum absolute atomic E-state index is 0.220. The quantitative estimate of drug-likeness (QED) is 0.239. The Balaban J connectivity index is 2.65. The fourth-order valence-corrected chi connectivity index (χ4v) is 19.2. The summed E-state index contributed by atoms with van der Waals surface area (Å²) in [7, 11) is 0. The maximum absolute atomic E-state index is 10.5. The molecule has 0 aromatic heterocycles. The summed E-state index contributed by atoms with van der Waals surface area (Å²) in [4.78, 5) is 0. The van der Waals surface area contributed by atoms with Gasteiger partial charge in [0.05, 0.1) is 0 Å². The van der Waals surface area contributed by atoms with Gasteiger partial charge in [0.2, 0.25) is 0 Å². The zero-order chi connectivity index (χ0) is 17.7. The van der Waals surface area contributed by atoms with Gasteiger partial charge in [0.1, 0.15) is 0 Å². The SMILES string of the molecule is CCC[CH2][Sn]([CH2]/C=C\C(O)C1CC=CCC1)([CH2]CCC)[CH2]CCC. The van der Waals surface area contributed by atoms with Crippen LogP contribution in [0.15, 0.2) is 24.3 Å². The van der Waals surface area contributed by atoms with Crippen LogP contribution in [0.25, 0.3) is 0 Å². The maximum atomic E-state index is 10.5. The second-order valence-corrected chi connectivity index (χ2v) is 22.0. The Morgan fingerprint density at radius 2 is 1.58 bits per heavy atom. The van der Waals surface area contributed by atoms with Crippen LogP contribution in [0.1, 0.15) is 78.6 Å². The zero-order valence-electron chi connectivity index (χ0n) is 16.6. The number of unbranched alkanes of at least 4 members (excludes halogenated alkanes) is 3. The van der Waals surface area contributed by atoms with Gasteiger partial charge in [-0.25, -0.2) is 0 Å². The van der Waals surface area contributed by atoms with E-state index in [1.807, 2.05) is 0 Å². The molecule has 0 amide bonds. The van der Waals surface area contributed by atoms with Crippen molar-refractivity contribution in [1.82, 2.24) is 0 Å². The molecule has 0 fully saturated rings. The van der Waals surface area contributed by atoms with Gasteiger partial charge in [-0.05, 0) is 0 Å². The molecule has 0 saturated carbocycles. The summed E-state index contributed by atoms with van der Waals surface area (Å²) in [6.07, 6.45) is 20.6. The van der Waals surface area contributed by atoms with Gasteiger partial charge in [-0.2, -0.15) is 0 Å². The number of allylic oxidation sites excluding steroid dienone is 3. The fraction of sp³-hybridized carbons (Fsp3) is 0.818. The number of aliphatic hydroxyl groups excluding tert-OH is 1. The van der Waals surface area contributed by atoms with Crippen molar-refractivity contribution in [3.05, 3.63) is 24.3 Å². The van der Waals surface area contributed by atoms with E-state index in [1.165, 1.54) is 43.0 Å². The van der Waals surface area contributed by atoms with Crippen molar-refractivity contribution < 1.29 is 5.11 Å². The van der Waals surface area contributed by atoms with E-state index >= 15 is 0 Å². The molecule has 24 heavy (non-hydrogen) atoms. The Bertz CT molecular complexity index is 339. The van der Waals surface area contributed by atoms with E-state index in [9.17, 15) is 5.11 Å². The molecule has 2 atom stereocenters. The molecule has 0 aromatic carbocycles. The third-order valence-corrected chi connectivity index (χ3v) is 21.1. The molecule has 2 unspecified atom stereocenters. The molecule has 0 saturated heterocycles. The van der Waals surface area contributed by atoms with E-state index in [2.05, 4.69) is 45.1 Å². The number of rotatable bonds is 13. The zero-order valence-corrected chi connectivity index (χ0v) is 19.5.